The summed E-state index contributed by atoms with van der Waals surface area (Å²) in [7, 11) is 0. The summed E-state index contributed by atoms with van der Waals surface area (Å²) in [4.78, 5) is 15.9. The lowest BCUT2D eigenvalue weighted by Gasteiger charge is -2.35. The van der Waals surface area contributed by atoms with Crippen molar-refractivity contribution in [2.45, 2.75) is 33.4 Å². The number of aromatic nitrogens is 1. The Labute approximate surface area is 137 Å². The zero-order valence-corrected chi connectivity index (χ0v) is 14.3. The molecule has 2 rings (SSSR count). The minimum atomic E-state index is -0.408. The van der Waals surface area contributed by atoms with Crippen LogP contribution in [0.5, 0.6) is 0 Å². The molecule has 1 aliphatic rings. The third kappa shape index (κ3) is 4.85. The van der Waals surface area contributed by atoms with Crippen LogP contribution in [0, 0.1) is 13.8 Å². The lowest BCUT2D eigenvalue weighted by Crippen LogP contribution is -2.52. The molecule has 122 valence electrons. The summed E-state index contributed by atoms with van der Waals surface area (Å²) in [6.45, 7) is 9.67. The SMILES string of the molecule is Cc1noc(C)c1CN1CCN(C(=O)[C@@H](C)N)CC1.Cl.Cl. The molecule has 0 saturated carbocycles. The fraction of sp³-hybridized carbons (Fsp3) is 0.692. The molecule has 2 heterocycles. The Hall–Kier alpha value is -0.820. The molecule has 0 bridgehead atoms. The van der Waals surface area contributed by atoms with Gasteiger partial charge in [-0.25, -0.2) is 0 Å². The van der Waals surface area contributed by atoms with E-state index in [4.69, 9.17) is 10.3 Å². The number of halogens is 2. The highest BCUT2D eigenvalue weighted by molar-refractivity contribution is 5.85. The van der Waals surface area contributed by atoms with Crippen LogP contribution in [0.25, 0.3) is 0 Å². The highest BCUT2D eigenvalue weighted by atomic mass is 35.5. The van der Waals surface area contributed by atoms with Gasteiger partial charge < -0.3 is 15.2 Å². The minimum absolute atomic E-state index is 0. The van der Waals surface area contributed by atoms with Crippen molar-refractivity contribution in [2.24, 2.45) is 5.73 Å². The third-order valence-electron chi connectivity index (χ3n) is 3.64. The Morgan fingerprint density at radius 2 is 1.86 bits per heavy atom. The standard InChI is InChI=1S/C13H22N4O2.2ClH/c1-9(14)13(18)17-6-4-16(5-7-17)8-12-10(2)15-19-11(12)3;;/h9H,4-8,14H2,1-3H3;2*1H/t9-;;/m1../s1. The molecular weight excluding hydrogens is 315 g/mol. The molecule has 0 spiro atoms. The van der Waals surface area contributed by atoms with Crippen LogP contribution < -0.4 is 5.73 Å². The van der Waals surface area contributed by atoms with E-state index in [1.54, 1.807) is 6.92 Å². The number of hydrogen-bond acceptors (Lipinski definition) is 5. The van der Waals surface area contributed by atoms with Crippen molar-refractivity contribution in [2.75, 3.05) is 26.2 Å². The van der Waals surface area contributed by atoms with E-state index in [0.717, 1.165) is 49.7 Å². The molecule has 0 aliphatic carbocycles. The first-order valence-corrected chi connectivity index (χ1v) is 6.67. The molecule has 6 nitrogen and oxygen atoms in total. The van der Waals surface area contributed by atoms with Gasteiger partial charge in [0.15, 0.2) is 0 Å². The Morgan fingerprint density at radius 3 is 2.29 bits per heavy atom. The maximum atomic E-state index is 11.8. The van der Waals surface area contributed by atoms with Crippen LogP contribution in [0.4, 0.5) is 0 Å². The number of hydrogen-bond donors (Lipinski definition) is 1. The van der Waals surface area contributed by atoms with E-state index in [0.29, 0.717) is 0 Å². The summed E-state index contributed by atoms with van der Waals surface area (Å²) in [6, 6.07) is -0.408. The molecule has 0 aromatic carbocycles. The predicted octanol–water partition coefficient (Wildman–Crippen LogP) is 1.13. The Morgan fingerprint density at radius 1 is 1.29 bits per heavy atom. The molecule has 1 aromatic rings. The smallest absolute Gasteiger partial charge is 0.239 e. The van der Waals surface area contributed by atoms with Crippen molar-refractivity contribution < 1.29 is 9.32 Å². The first-order valence-electron chi connectivity index (χ1n) is 6.67. The Kier molecular flexibility index (Phi) is 8.25. The third-order valence-corrected chi connectivity index (χ3v) is 3.64. The topological polar surface area (TPSA) is 75.6 Å². The second kappa shape index (κ2) is 8.58. The predicted molar refractivity (Wildman–Crippen MR) is 86.0 cm³/mol. The Balaban J connectivity index is 0.00000200. The zero-order valence-electron chi connectivity index (χ0n) is 12.7. The summed E-state index contributed by atoms with van der Waals surface area (Å²) < 4.78 is 5.17. The highest BCUT2D eigenvalue weighted by Gasteiger charge is 2.24. The van der Waals surface area contributed by atoms with Crippen LogP contribution in [0.15, 0.2) is 4.52 Å². The number of piperazine rings is 1. The van der Waals surface area contributed by atoms with Gasteiger partial charge in [-0.05, 0) is 20.8 Å². The van der Waals surface area contributed by atoms with Gasteiger partial charge in [0.2, 0.25) is 5.91 Å². The number of rotatable bonds is 3. The fourth-order valence-electron chi connectivity index (χ4n) is 2.37. The summed E-state index contributed by atoms with van der Waals surface area (Å²) in [5.41, 5.74) is 7.74. The van der Waals surface area contributed by atoms with Gasteiger partial charge >= 0.3 is 0 Å². The second-order valence-electron chi connectivity index (χ2n) is 5.19. The summed E-state index contributed by atoms with van der Waals surface area (Å²) in [6.07, 6.45) is 0. The van der Waals surface area contributed by atoms with Crippen molar-refractivity contribution in [1.82, 2.24) is 15.0 Å². The van der Waals surface area contributed by atoms with Crippen LogP contribution in [0.3, 0.4) is 0 Å². The molecule has 0 radical (unpaired) electrons. The van der Waals surface area contributed by atoms with Crippen molar-refractivity contribution >= 4 is 30.7 Å². The van der Waals surface area contributed by atoms with Gasteiger partial charge in [-0.2, -0.15) is 0 Å². The van der Waals surface area contributed by atoms with Crippen LogP contribution in [0.2, 0.25) is 0 Å². The molecule has 21 heavy (non-hydrogen) atoms. The van der Waals surface area contributed by atoms with Crippen LogP contribution in [-0.4, -0.2) is 53.1 Å². The molecule has 0 unspecified atom stereocenters. The quantitative estimate of drug-likeness (QED) is 0.893. The van der Waals surface area contributed by atoms with E-state index in [1.165, 1.54) is 0 Å². The average molecular weight is 339 g/mol. The minimum Gasteiger partial charge on any atom is -0.361 e. The molecule has 1 aromatic heterocycles. The summed E-state index contributed by atoms with van der Waals surface area (Å²) in [5, 5.41) is 3.97. The average Bonchev–Trinajstić information content (AvgIpc) is 2.70. The number of aryl methyl sites for hydroxylation is 2. The zero-order chi connectivity index (χ0) is 14.0. The molecule has 1 aliphatic heterocycles. The molecule has 1 saturated heterocycles. The van der Waals surface area contributed by atoms with Gasteiger partial charge in [0.05, 0.1) is 11.7 Å². The van der Waals surface area contributed by atoms with Crippen LogP contribution >= 0.6 is 24.8 Å². The highest BCUT2D eigenvalue weighted by Crippen LogP contribution is 2.16. The maximum Gasteiger partial charge on any atom is 0.239 e. The van der Waals surface area contributed by atoms with Gasteiger partial charge in [-0.3, -0.25) is 9.69 Å². The molecule has 1 atom stereocenters. The Bertz CT molecular complexity index is 438. The molecular formula is C13H24Cl2N4O2. The van der Waals surface area contributed by atoms with E-state index in [1.807, 2.05) is 18.7 Å². The monoisotopic (exact) mass is 338 g/mol. The van der Waals surface area contributed by atoms with E-state index < -0.39 is 6.04 Å². The first kappa shape index (κ1) is 20.2. The number of carbonyl (C=O) groups is 1. The second-order valence-corrected chi connectivity index (χ2v) is 5.19. The van der Waals surface area contributed by atoms with Crippen molar-refractivity contribution in [3.8, 4) is 0 Å². The van der Waals surface area contributed by atoms with E-state index in [9.17, 15) is 4.79 Å². The molecule has 1 amide bonds. The van der Waals surface area contributed by atoms with E-state index in [2.05, 4.69) is 10.1 Å². The maximum absolute atomic E-state index is 11.8. The van der Waals surface area contributed by atoms with Crippen molar-refractivity contribution in [3.63, 3.8) is 0 Å². The number of nitrogens with two attached hydrogens (primary N) is 1. The number of amides is 1. The van der Waals surface area contributed by atoms with Gasteiger partial charge in [0.1, 0.15) is 5.76 Å². The molecule has 8 heteroatoms. The number of carbonyl (C=O) groups excluding carboxylic acids is 1. The van der Waals surface area contributed by atoms with Crippen LogP contribution in [0.1, 0.15) is 23.9 Å². The summed E-state index contributed by atoms with van der Waals surface area (Å²) >= 11 is 0. The van der Waals surface area contributed by atoms with E-state index in [-0.39, 0.29) is 30.7 Å². The van der Waals surface area contributed by atoms with Gasteiger partial charge in [0, 0.05) is 38.3 Å². The van der Waals surface area contributed by atoms with Crippen LogP contribution in [-0.2, 0) is 11.3 Å². The summed E-state index contributed by atoms with van der Waals surface area (Å²) in [5.74, 6) is 0.920. The largest absolute Gasteiger partial charge is 0.361 e. The lowest BCUT2D eigenvalue weighted by atomic mass is 10.1. The number of nitrogens with zero attached hydrogens (tertiary/aromatic N) is 3. The molecule has 1 fully saturated rings. The van der Waals surface area contributed by atoms with Crippen molar-refractivity contribution in [1.29, 1.82) is 0 Å². The van der Waals surface area contributed by atoms with Crippen molar-refractivity contribution in [3.05, 3.63) is 17.0 Å². The fourth-order valence-corrected chi connectivity index (χ4v) is 2.37. The van der Waals surface area contributed by atoms with Gasteiger partial charge in [-0.1, -0.05) is 5.16 Å². The lowest BCUT2D eigenvalue weighted by molar-refractivity contribution is -0.134. The first-order chi connectivity index (χ1) is 8.99. The normalized spacial score (nSPS) is 16.9. The molecule has 2 N–H and O–H groups in total. The van der Waals surface area contributed by atoms with Gasteiger partial charge in [-0.15, -0.1) is 24.8 Å². The van der Waals surface area contributed by atoms with Gasteiger partial charge in [0.25, 0.3) is 0 Å². The van der Waals surface area contributed by atoms with E-state index >= 15 is 0 Å².